The molecular weight excluding hydrogens is 268 g/mol. The number of aryl methyl sites for hydroxylation is 1. The topological polar surface area (TPSA) is 60.5 Å². The molecule has 0 radical (unpaired) electrons. The highest BCUT2D eigenvalue weighted by Crippen LogP contribution is 2.23. The van der Waals surface area contributed by atoms with Crippen molar-refractivity contribution in [2.75, 3.05) is 19.0 Å². The summed E-state index contributed by atoms with van der Waals surface area (Å²) in [6.45, 7) is 8.32. The van der Waals surface area contributed by atoms with Gasteiger partial charge in [-0.2, -0.15) is 0 Å². The zero-order chi connectivity index (χ0) is 15.9. The van der Waals surface area contributed by atoms with E-state index in [0.717, 1.165) is 18.5 Å². The summed E-state index contributed by atoms with van der Waals surface area (Å²) in [7, 11) is 1.57. The molecule has 1 N–H and O–H groups in total. The first kappa shape index (κ1) is 17.4. The van der Waals surface area contributed by atoms with Gasteiger partial charge in [0.05, 0.1) is 18.5 Å². The van der Waals surface area contributed by atoms with E-state index in [0.29, 0.717) is 24.6 Å². The van der Waals surface area contributed by atoms with Crippen LogP contribution in [0.4, 0.5) is 5.69 Å². The Labute approximate surface area is 127 Å². The molecule has 21 heavy (non-hydrogen) atoms. The number of aromatic nitrogens is 1. The van der Waals surface area contributed by atoms with Crippen molar-refractivity contribution in [1.29, 1.82) is 0 Å². The third-order valence-electron chi connectivity index (χ3n) is 3.35. The van der Waals surface area contributed by atoms with Crippen LogP contribution in [0.2, 0.25) is 0 Å². The first-order valence-corrected chi connectivity index (χ1v) is 7.43. The fourth-order valence-electron chi connectivity index (χ4n) is 2.09. The molecule has 1 atom stereocenters. The zero-order valence-electron chi connectivity index (χ0n) is 13.7. The molecule has 0 aliphatic rings. The van der Waals surface area contributed by atoms with Crippen molar-refractivity contribution in [1.82, 2.24) is 4.98 Å². The molecular formula is C16H26N2O3. The van der Waals surface area contributed by atoms with E-state index < -0.39 is 5.60 Å². The molecule has 0 aliphatic carbocycles. The predicted molar refractivity (Wildman–Crippen MR) is 83.7 cm³/mol. The average Bonchev–Trinajstić information content (AvgIpc) is 2.47. The molecule has 1 aromatic heterocycles. The highest BCUT2D eigenvalue weighted by Gasteiger charge is 2.33. The summed E-state index contributed by atoms with van der Waals surface area (Å²) >= 11 is 0. The molecule has 118 valence electrons. The molecule has 0 aliphatic heterocycles. The number of amides is 1. The van der Waals surface area contributed by atoms with Gasteiger partial charge in [-0.05, 0) is 32.8 Å². The van der Waals surface area contributed by atoms with Gasteiger partial charge in [0.2, 0.25) is 5.88 Å². The van der Waals surface area contributed by atoms with Crippen LogP contribution in [0.3, 0.4) is 0 Å². The summed E-state index contributed by atoms with van der Waals surface area (Å²) in [6.07, 6.45) is 2.45. The molecule has 0 spiro atoms. The molecule has 0 unspecified atom stereocenters. The fraction of sp³-hybridized carbons (Fsp3) is 0.625. The van der Waals surface area contributed by atoms with Crippen molar-refractivity contribution in [3.63, 3.8) is 0 Å². The minimum Gasteiger partial charge on any atom is -0.481 e. The number of carbonyl (C=O) groups excluding carboxylic acids is 1. The third kappa shape index (κ3) is 4.70. The van der Waals surface area contributed by atoms with Crippen molar-refractivity contribution >= 4 is 11.6 Å². The Balaban J connectivity index is 2.86. The molecule has 0 fully saturated rings. The van der Waals surface area contributed by atoms with Crippen LogP contribution in [0, 0.1) is 6.92 Å². The van der Waals surface area contributed by atoms with Crippen molar-refractivity contribution < 1.29 is 14.3 Å². The maximum absolute atomic E-state index is 12.5. The number of rotatable bonds is 8. The number of ether oxygens (including phenoxy) is 2. The number of anilines is 1. The van der Waals surface area contributed by atoms with Crippen LogP contribution < -0.4 is 10.1 Å². The van der Waals surface area contributed by atoms with E-state index in [1.165, 1.54) is 0 Å². The smallest absolute Gasteiger partial charge is 0.256 e. The maximum atomic E-state index is 12.5. The van der Waals surface area contributed by atoms with Gasteiger partial charge >= 0.3 is 0 Å². The molecule has 0 saturated heterocycles. The second-order valence-electron chi connectivity index (χ2n) is 5.27. The molecule has 0 bridgehead atoms. The van der Waals surface area contributed by atoms with Crippen molar-refractivity contribution in [3.8, 4) is 5.88 Å². The minimum atomic E-state index is -0.808. The van der Waals surface area contributed by atoms with E-state index in [1.54, 1.807) is 19.2 Å². The lowest BCUT2D eigenvalue weighted by Crippen LogP contribution is -2.43. The second kappa shape index (κ2) is 7.98. The van der Waals surface area contributed by atoms with Crippen LogP contribution in [0.25, 0.3) is 0 Å². The van der Waals surface area contributed by atoms with Gasteiger partial charge in [-0.3, -0.25) is 4.79 Å². The number of hydrogen-bond acceptors (Lipinski definition) is 4. The van der Waals surface area contributed by atoms with E-state index in [9.17, 15) is 4.79 Å². The van der Waals surface area contributed by atoms with E-state index in [1.807, 2.05) is 27.7 Å². The Morgan fingerprint density at radius 3 is 2.57 bits per heavy atom. The van der Waals surface area contributed by atoms with Crippen LogP contribution in [-0.4, -0.2) is 30.2 Å². The highest BCUT2D eigenvalue weighted by molar-refractivity contribution is 5.97. The van der Waals surface area contributed by atoms with Gasteiger partial charge in [0.15, 0.2) is 0 Å². The summed E-state index contributed by atoms with van der Waals surface area (Å²) in [5.41, 5.74) is 0.595. The number of pyridine rings is 1. The molecule has 1 heterocycles. The van der Waals surface area contributed by atoms with Gasteiger partial charge in [-0.15, -0.1) is 0 Å². The van der Waals surface area contributed by atoms with Crippen LogP contribution in [-0.2, 0) is 9.53 Å². The van der Waals surface area contributed by atoms with Crippen LogP contribution in [0.5, 0.6) is 5.88 Å². The Hall–Kier alpha value is -1.62. The zero-order valence-corrected chi connectivity index (χ0v) is 13.7. The molecule has 1 aromatic rings. The summed E-state index contributed by atoms with van der Waals surface area (Å²) in [5.74, 6) is 0.400. The summed E-state index contributed by atoms with van der Waals surface area (Å²) in [4.78, 5) is 16.8. The van der Waals surface area contributed by atoms with Crippen molar-refractivity contribution in [2.45, 2.75) is 52.6 Å². The largest absolute Gasteiger partial charge is 0.481 e. The molecule has 0 aromatic carbocycles. The first-order chi connectivity index (χ1) is 9.96. The van der Waals surface area contributed by atoms with Gasteiger partial charge in [0, 0.05) is 12.7 Å². The Morgan fingerprint density at radius 1 is 1.33 bits per heavy atom. The monoisotopic (exact) mass is 294 g/mol. The number of hydrogen-bond donors (Lipinski definition) is 1. The van der Waals surface area contributed by atoms with Crippen LogP contribution in [0.1, 0.15) is 45.7 Å². The number of carbonyl (C=O) groups is 1. The maximum Gasteiger partial charge on any atom is 0.256 e. The summed E-state index contributed by atoms with van der Waals surface area (Å²) < 4.78 is 10.8. The SMILES string of the molecule is CCCO[C@](C)(CCC)C(=O)Nc1ccc(OC)nc1C. The Morgan fingerprint density at radius 2 is 2.05 bits per heavy atom. The number of nitrogens with one attached hydrogen (secondary N) is 1. The summed E-state index contributed by atoms with van der Waals surface area (Å²) in [6, 6.07) is 3.53. The van der Waals surface area contributed by atoms with Crippen molar-refractivity contribution in [3.05, 3.63) is 17.8 Å². The Kier molecular flexibility index (Phi) is 6.62. The number of methoxy groups -OCH3 is 1. The lowest BCUT2D eigenvalue weighted by atomic mass is 9.99. The molecule has 1 rings (SSSR count). The highest BCUT2D eigenvalue weighted by atomic mass is 16.5. The molecule has 1 amide bonds. The number of nitrogens with zero attached hydrogens (tertiary/aromatic N) is 1. The van der Waals surface area contributed by atoms with Gasteiger partial charge in [-0.1, -0.05) is 20.3 Å². The normalized spacial score (nSPS) is 13.6. The van der Waals surface area contributed by atoms with E-state index in [4.69, 9.17) is 9.47 Å². The quantitative estimate of drug-likeness (QED) is 0.799. The minimum absolute atomic E-state index is 0.132. The van der Waals surface area contributed by atoms with E-state index in [-0.39, 0.29) is 5.91 Å². The van der Waals surface area contributed by atoms with Gasteiger partial charge < -0.3 is 14.8 Å². The second-order valence-corrected chi connectivity index (χ2v) is 5.27. The average molecular weight is 294 g/mol. The van der Waals surface area contributed by atoms with E-state index in [2.05, 4.69) is 10.3 Å². The van der Waals surface area contributed by atoms with Gasteiger partial charge in [0.1, 0.15) is 5.60 Å². The Bertz CT molecular complexity index is 477. The third-order valence-corrected chi connectivity index (χ3v) is 3.35. The summed E-state index contributed by atoms with van der Waals surface area (Å²) in [5, 5.41) is 2.91. The standard InChI is InChI=1S/C16H26N2O3/c1-6-10-16(4,21-11-7-2)15(19)18-13-8-9-14(20-5)17-12(13)3/h8-9H,6-7,10-11H2,1-5H3,(H,18,19)/t16-/m1/s1. The molecule has 0 saturated carbocycles. The van der Waals surface area contributed by atoms with Crippen LogP contribution >= 0.6 is 0 Å². The first-order valence-electron chi connectivity index (χ1n) is 7.43. The lowest BCUT2D eigenvalue weighted by molar-refractivity contribution is -0.140. The van der Waals surface area contributed by atoms with E-state index >= 15 is 0 Å². The predicted octanol–water partition coefficient (Wildman–Crippen LogP) is 3.32. The molecule has 5 nitrogen and oxygen atoms in total. The van der Waals surface area contributed by atoms with Gasteiger partial charge in [-0.25, -0.2) is 4.98 Å². The lowest BCUT2D eigenvalue weighted by Gasteiger charge is -2.28. The molecule has 5 heteroatoms. The van der Waals surface area contributed by atoms with Crippen LogP contribution in [0.15, 0.2) is 12.1 Å². The fourth-order valence-corrected chi connectivity index (χ4v) is 2.09. The van der Waals surface area contributed by atoms with Gasteiger partial charge in [0.25, 0.3) is 5.91 Å². The van der Waals surface area contributed by atoms with Crippen molar-refractivity contribution in [2.24, 2.45) is 0 Å².